The Hall–Kier alpha value is -3.36. The number of fused-ring (bicyclic) bond motifs is 1. The summed E-state index contributed by atoms with van der Waals surface area (Å²) in [5.41, 5.74) is 4.01. The van der Waals surface area contributed by atoms with E-state index in [4.69, 9.17) is 11.6 Å². The van der Waals surface area contributed by atoms with Crippen molar-refractivity contribution in [3.05, 3.63) is 82.9 Å². The molecule has 4 rings (SSSR count). The Labute approximate surface area is 155 Å². The number of rotatable bonds is 4. The number of benzene rings is 2. The largest absolute Gasteiger partial charge is 0.337 e. The highest BCUT2D eigenvalue weighted by Crippen LogP contribution is 2.20. The number of hydrogen-bond acceptors (Lipinski definition) is 3. The Kier molecular flexibility index (Phi) is 4.26. The van der Waals surface area contributed by atoms with Crippen molar-refractivity contribution < 1.29 is 0 Å². The average Bonchev–Trinajstić information content (AvgIpc) is 3.28. The number of aromatic amines is 1. The molecule has 0 saturated heterocycles. The first-order chi connectivity index (χ1) is 12.7. The fourth-order valence-electron chi connectivity index (χ4n) is 2.74. The standard InChI is InChI=1S/C20H14ClN5/c21-17-6-2-1-5-15(17)13-26-12-14(11-23-26)9-16(10-22)20-24-18-7-3-4-8-19(18)25-20/h1-9,11-12H,13H2,(H,24,25)/b16-9-. The normalized spacial score (nSPS) is 11.6. The zero-order chi connectivity index (χ0) is 17.9. The second-order valence-electron chi connectivity index (χ2n) is 5.84. The van der Waals surface area contributed by atoms with E-state index in [0.29, 0.717) is 23.0 Å². The molecule has 6 heteroatoms. The van der Waals surface area contributed by atoms with Gasteiger partial charge in [-0.3, -0.25) is 4.68 Å². The van der Waals surface area contributed by atoms with Gasteiger partial charge in [0.25, 0.3) is 0 Å². The molecule has 5 nitrogen and oxygen atoms in total. The second-order valence-corrected chi connectivity index (χ2v) is 6.24. The summed E-state index contributed by atoms with van der Waals surface area (Å²) in [6, 6.07) is 17.6. The maximum Gasteiger partial charge on any atom is 0.149 e. The topological polar surface area (TPSA) is 70.3 Å². The molecule has 0 spiro atoms. The Morgan fingerprint density at radius 1 is 1.19 bits per heavy atom. The predicted molar refractivity (Wildman–Crippen MR) is 102 cm³/mol. The molecule has 0 atom stereocenters. The quantitative estimate of drug-likeness (QED) is 0.544. The van der Waals surface area contributed by atoms with Gasteiger partial charge >= 0.3 is 0 Å². The minimum atomic E-state index is 0.457. The predicted octanol–water partition coefficient (Wildman–Crippen LogP) is 4.53. The molecule has 1 N–H and O–H groups in total. The van der Waals surface area contributed by atoms with Gasteiger partial charge in [0.15, 0.2) is 0 Å². The van der Waals surface area contributed by atoms with Crippen LogP contribution in [0.25, 0.3) is 22.7 Å². The van der Waals surface area contributed by atoms with Crippen molar-refractivity contribution in [3.63, 3.8) is 0 Å². The number of aromatic nitrogens is 4. The van der Waals surface area contributed by atoms with Crippen LogP contribution in [0.15, 0.2) is 60.9 Å². The van der Waals surface area contributed by atoms with Crippen LogP contribution >= 0.6 is 11.6 Å². The van der Waals surface area contributed by atoms with E-state index in [1.807, 2.05) is 54.7 Å². The van der Waals surface area contributed by atoms with Crippen molar-refractivity contribution >= 4 is 34.3 Å². The zero-order valence-corrected chi connectivity index (χ0v) is 14.5. The molecule has 2 heterocycles. The Morgan fingerprint density at radius 3 is 2.81 bits per heavy atom. The average molecular weight is 360 g/mol. The van der Waals surface area contributed by atoms with E-state index >= 15 is 0 Å². The van der Waals surface area contributed by atoms with E-state index in [1.165, 1.54) is 0 Å². The van der Waals surface area contributed by atoms with Gasteiger partial charge in [-0.15, -0.1) is 0 Å². The highest BCUT2D eigenvalue weighted by atomic mass is 35.5. The molecule has 0 radical (unpaired) electrons. The smallest absolute Gasteiger partial charge is 0.149 e. The SMILES string of the molecule is N#C/C(=C/c1cnn(Cc2ccccc2Cl)c1)c1nc2ccccc2[nH]1. The maximum absolute atomic E-state index is 9.52. The van der Waals surface area contributed by atoms with Gasteiger partial charge in [0.2, 0.25) is 0 Å². The lowest BCUT2D eigenvalue weighted by Gasteiger charge is -2.03. The molecule has 0 aliphatic heterocycles. The number of hydrogen-bond donors (Lipinski definition) is 1. The van der Waals surface area contributed by atoms with Gasteiger partial charge in [-0.25, -0.2) is 4.98 Å². The molecule has 0 bridgehead atoms. The van der Waals surface area contributed by atoms with E-state index in [0.717, 1.165) is 22.2 Å². The lowest BCUT2D eigenvalue weighted by atomic mass is 10.2. The van der Waals surface area contributed by atoms with Crippen molar-refractivity contribution in [1.82, 2.24) is 19.7 Å². The van der Waals surface area contributed by atoms with Crippen LogP contribution in [-0.4, -0.2) is 19.7 Å². The van der Waals surface area contributed by atoms with Crippen LogP contribution in [0.4, 0.5) is 0 Å². The van der Waals surface area contributed by atoms with Crippen molar-refractivity contribution in [2.75, 3.05) is 0 Å². The number of nitrogens with one attached hydrogen (secondary N) is 1. The van der Waals surface area contributed by atoms with E-state index in [1.54, 1.807) is 17.0 Å². The molecule has 2 aromatic heterocycles. The third kappa shape index (κ3) is 3.23. The Morgan fingerprint density at radius 2 is 2.00 bits per heavy atom. The van der Waals surface area contributed by atoms with Crippen molar-refractivity contribution in [2.45, 2.75) is 6.54 Å². The summed E-state index contributed by atoms with van der Waals surface area (Å²) < 4.78 is 1.79. The van der Waals surface area contributed by atoms with Crippen LogP contribution in [0.3, 0.4) is 0 Å². The minimum Gasteiger partial charge on any atom is -0.337 e. The Bertz CT molecular complexity index is 1110. The molecular formula is C20H14ClN5. The summed E-state index contributed by atoms with van der Waals surface area (Å²) in [5, 5.41) is 14.6. The molecule has 2 aromatic carbocycles. The Balaban J connectivity index is 1.62. The van der Waals surface area contributed by atoms with Crippen molar-refractivity contribution in [3.8, 4) is 6.07 Å². The fraction of sp³-hybridized carbons (Fsp3) is 0.0500. The third-order valence-electron chi connectivity index (χ3n) is 4.02. The summed E-state index contributed by atoms with van der Waals surface area (Å²) in [5.74, 6) is 0.549. The number of allylic oxidation sites excluding steroid dienone is 1. The fourth-order valence-corrected chi connectivity index (χ4v) is 2.94. The van der Waals surface area contributed by atoms with Gasteiger partial charge in [-0.2, -0.15) is 10.4 Å². The van der Waals surface area contributed by atoms with Crippen molar-refractivity contribution in [1.29, 1.82) is 5.26 Å². The molecule has 0 unspecified atom stereocenters. The molecule has 0 fully saturated rings. The maximum atomic E-state index is 9.52. The highest BCUT2D eigenvalue weighted by molar-refractivity contribution is 6.31. The number of para-hydroxylation sites is 2. The van der Waals surface area contributed by atoms with Crippen LogP contribution in [0.1, 0.15) is 17.0 Å². The molecule has 26 heavy (non-hydrogen) atoms. The van der Waals surface area contributed by atoms with E-state index in [-0.39, 0.29) is 0 Å². The summed E-state index contributed by atoms with van der Waals surface area (Å²) >= 11 is 6.20. The van der Waals surface area contributed by atoms with E-state index < -0.39 is 0 Å². The summed E-state index contributed by atoms with van der Waals surface area (Å²) in [4.78, 5) is 7.65. The van der Waals surface area contributed by atoms with Gasteiger partial charge in [-0.05, 0) is 29.8 Å². The van der Waals surface area contributed by atoms with E-state index in [9.17, 15) is 5.26 Å². The van der Waals surface area contributed by atoms with Gasteiger partial charge in [0, 0.05) is 16.8 Å². The first-order valence-corrected chi connectivity index (χ1v) is 8.43. The molecule has 126 valence electrons. The zero-order valence-electron chi connectivity index (χ0n) is 13.7. The molecular weight excluding hydrogens is 346 g/mol. The van der Waals surface area contributed by atoms with Crippen molar-refractivity contribution in [2.24, 2.45) is 0 Å². The monoisotopic (exact) mass is 359 g/mol. The van der Waals surface area contributed by atoms with Gasteiger partial charge in [-0.1, -0.05) is 41.9 Å². The summed E-state index contributed by atoms with van der Waals surface area (Å²) in [7, 11) is 0. The molecule has 4 aromatic rings. The van der Waals surface area contributed by atoms with Crippen LogP contribution < -0.4 is 0 Å². The second kappa shape index (κ2) is 6.87. The van der Waals surface area contributed by atoms with Gasteiger partial charge in [0.05, 0.1) is 29.3 Å². The first-order valence-electron chi connectivity index (χ1n) is 8.06. The van der Waals surface area contributed by atoms with Crippen LogP contribution in [-0.2, 0) is 6.54 Å². The van der Waals surface area contributed by atoms with Gasteiger partial charge in [0.1, 0.15) is 11.9 Å². The number of nitrogens with zero attached hydrogens (tertiary/aromatic N) is 4. The first kappa shape index (κ1) is 16.1. The highest BCUT2D eigenvalue weighted by Gasteiger charge is 2.09. The summed E-state index contributed by atoms with van der Waals surface area (Å²) in [6.07, 6.45) is 5.37. The third-order valence-corrected chi connectivity index (χ3v) is 4.39. The number of imidazole rings is 1. The van der Waals surface area contributed by atoms with Gasteiger partial charge < -0.3 is 4.98 Å². The minimum absolute atomic E-state index is 0.457. The van der Waals surface area contributed by atoms with Crippen LogP contribution in [0.5, 0.6) is 0 Å². The molecule has 0 saturated carbocycles. The summed E-state index contributed by atoms with van der Waals surface area (Å²) in [6.45, 7) is 0.569. The lowest BCUT2D eigenvalue weighted by Crippen LogP contribution is -2.00. The van der Waals surface area contributed by atoms with Crippen LogP contribution in [0, 0.1) is 11.3 Å². The van der Waals surface area contributed by atoms with E-state index in [2.05, 4.69) is 21.1 Å². The number of halogens is 1. The molecule has 0 aliphatic rings. The lowest BCUT2D eigenvalue weighted by molar-refractivity contribution is 0.687. The number of nitriles is 1. The van der Waals surface area contributed by atoms with Crippen LogP contribution in [0.2, 0.25) is 5.02 Å². The molecule has 0 amide bonds. The molecule has 0 aliphatic carbocycles. The number of H-pyrrole nitrogens is 1.